The number of benzene rings is 3. The van der Waals surface area contributed by atoms with Crippen molar-refractivity contribution < 1.29 is 28.5 Å². The Morgan fingerprint density at radius 3 is 2.39 bits per heavy atom. The molecule has 3 aromatic carbocycles. The first-order valence-electron chi connectivity index (χ1n) is 10.4. The number of hydrogen-bond acceptors (Lipinski definition) is 6. The van der Waals surface area contributed by atoms with Gasteiger partial charge in [0.15, 0.2) is 17.2 Å². The lowest BCUT2D eigenvalue weighted by Gasteiger charge is -2.20. The second kappa shape index (κ2) is 9.12. The number of anilines is 2. The molecule has 1 N–H and O–H groups in total. The molecule has 0 unspecified atom stereocenters. The lowest BCUT2D eigenvalue weighted by molar-refractivity contribution is 0.0985. The monoisotopic (exact) mass is 448 g/mol. The molecule has 1 aliphatic heterocycles. The maximum atomic E-state index is 13.3. The van der Waals surface area contributed by atoms with Gasteiger partial charge in [-0.3, -0.25) is 9.59 Å². The third-order valence-corrected chi connectivity index (χ3v) is 5.35. The highest BCUT2D eigenvalue weighted by Crippen LogP contribution is 2.41. The minimum atomic E-state index is -0.426. The highest BCUT2D eigenvalue weighted by molar-refractivity contribution is 6.11. The maximum absolute atomic E-state index is 13.3. The summed E-state index contributed by atoms with van der Waals surface area (Å²) >= 11 is 0. The molecule has 0 aliphatic carbocycles. The van der Waals surface area contributed by atoms with Gasteiger partial charge in [0.25, 0.3) is 11.8 Å². The summed E-state index contributed by atoms with van der Waals surface area (Å²) in [5.41, 5.74) is 1.75. The molecule has 0 bridgehead atoms. The van der Waals surface area contributed by atoms with Gasteiger partial charge < -0.3 is 29.2 Å². The first kappa shape index (κ1) is 22.0. The number of hydrogen-bond donors (Lipinski definition) is 1. The Bertz CT molecular complexity index is 1220. The predicted molar refractivity (Wildman–Crippen MR) is 124 cm³/mol. The smallest absolute Gasteiger partial charge is 0.262 e. The van der Waals surface area contributed by atoms with Crippen molar-refractivity contribution >= 4 is 23.2 Å². The molecule has 0 aromatic heterocycles. The van der Waals surface area contributed by atoms with Crippen LogP contribution in [0.5, 0.6) is 28.7 Å². The lowest BCUT2D eigenvalue weighted by atomic mass is 10.1. The number of fused-ring (bicyclic) bond motifs is 2. The number of carbonyl (C=O) groups excluding carboxylic acids is 2. The van der Waals surface area contributed by atoms with Crippen LogP contribution in [0.2, 0.25) is 0 Å². The van der Waals surface area contributed by atoms with E-state index in [1.54, 1.807) is 35.2 Å². The highest BCUT2D eigenvalue weighted by Gasteiger charge is 2.28. The number of carbonyl (C=O) groups is 2. The van der Waals surface area contributed by atoms with Crippen LogP contribution in [0.3, 0.4) is 0 Å². The molecule has 33 heavy (non-hydrogen) atoms. The topological polar surface area (TPSA) is 86.3 Å². The predicted octanol–water partition coefficient (Wildman–Crippen LogP) is 4.74. The third kappa shape index (κ3) is 3.91. The molecule has 0 fully saturated rings. The van der Waals surface area contributed by atoms with E-state index < -0.39 is 5.91 Å². The Morgan fingerprint density at radius 2 is 1.70 bits per heavy atom. The number of amides is 2. The van der Waals surface area contributed by atoms with Gasteiger partial charge in [-0.1, -0.05) is 12.1 Å². The average molecular weight is 448 g/mol. The Hall–Kier alpha value is -4.20. The van der Waals surface area contributed by atoms with Gasteiger partial charge in [-0.05, 0) is 49.4 Å². The van der Waals surface area contributed by atoms with E-state index in [0.29, 0.717) is 46.5 Å². The number of ether oxygens (including phenoxy) is 4. The zero-order valence-electron chi connectivity index (χ0n) is 18.8. The van der Waals surface area contributed by atoms with Crippen LogP contribution in [-0.4, -0.2) is 39.7 Å². The van der Waals surface area contributed by atoms with Gasteiger partial charge in [-0.25, -0.2) is 0 Å². The normalized spacial score (nSPS) is 12.1. The van der Waals surface area contributed by atoms with Crippen LogP contribution in [0.15, 0.2) is 54.6 Å². The van der Waals surface area contributed by atoms with Crippen LogP contribution in [0.4, 0.5) is 11.4 Å². The number of methoxy groups -OCH3 is 3. The number of nitrogens with one attached hydrogen (secondary N) is 1. The number of nitrogens with zero attached hydrogens (tertiary/aromatic N) is 1. The molecule has 0 atom stereocenters. The van der Waals surface area contributed by atoms with Crippen molar-refractivity contribution in [2.75, 3.05) is 38.1 Å². The van der Waals surface area contributed by atoms with E-state index in [0.717, 1.165) is 0 Å². The largest absolute Gasteiger partial charge is 0.493 e. The summed E-state index contributed by atoms with van der Waals surface area (Å²) in [6.07, 6.45) is 0. The Labute approximate surface area is 191 Å². The summed E-state index contributed by atoms with van der Waals surface area (Å²) in [6.45, 7) is 2.37. The first-order chi connectivity index (χ1) is 16.0. The molecule has 8 nitrogen and oxygen atoms in total. The third-order valence-electron chi connectivity index (χ3n) is 5.35. The zero-order chi connectivity index (χ0) is 23.5. The maximum Gasteiger partial charge on any atom is 0.262 e. The molecule has 170 valence electrons. The zero-order valence-corrected chi connectivity index (χ0v) is 18.8. The molecular formula is C25H24N2O6. The van der Waals surface area contributed by atoms with Crippen molar-refractivity contribution in [2.24, 2.45) is 0 Å². The molecular weight excluding hydrogens is 424 g/mol. The molecule has 2 amide bonds. The summed E-state index contributed by atoms with van der Waals surface area (Å²) in [5.74, 6) is 1.38. The van der Waals surface area contributed by atoms with E-state index in [1.165, 1.54) is 21.3 Å². The number of rotatable bonds is 6. The number of para-hydroxylation sites is 2. The van der Waals surface area contributed by atoms with Crippen LogP contribution in [0.25, 0.3) is 0 Å². The summed E-state index contributed by atoms with van der Waals surface area (Å²) in [5, 5.41) is 2.83. The van der Waals surface area contributed by atoms with Gasteiger partial charge in [-0.2, -0.15) is 0 Å². The van der Waals surface area contributed by atoms with E-state index in [4.69, 9.17) is 18.9 Å². The molecule has 0 saturated heterocycles. The second-order valence-electron chi connectivity index (χ2n) is 7.17. The SMILES string of the molecule is CCN1C(=O)c2cc(NC(=O)c3ccc(OC)c(OC)c3OC)ccc2Oc2ccccc21. The molecule has 0 saturated carbocycles. The van der Waals surface area contributed by atoms with Crippen molar-refractivity contribution in [1.29, 1.82) is 0 Å². The fourth-order valence-corrected chi connectivity index (χ4v) is 3.80. The van der Waals surface area contributed by atoms with Gasteiger partial charge >= 0.3 is 0 Å². The summed E-state index contributed by atoms with van der Waals surface area (Å²) < 4.78 is 22.1. The van der Waals surface area contributed by atoms with E-state index in [-0.39, 0.29) is 17.2 Å². The van der Waals surface area contributed by atoms with Gasteiger partial charge in [-0.15, -0.1) is 0 Å². The van der Waals surface area contributed by atoms with Crippen molar-refractivity contribution in [3.05, 3.63) is 65.7 Å². The quantitative estimate of drug-likeness (QED) is 0.586. The van der Waals surface area contributed by atoms with Crippen molar-refractivity contribution in [2.45, 2.75) is 6.92 Å². The fourth-order valence-electron chi connectivity index (χ4n) is 3.80. The Kier molecular flexibility index (Phi) is 6.08. The molecule has 1 aliphatic rings. The molecule has 0 spiro atoms. The van der Waals surface area contributed by atoms with Crippen LogP contribution in [0.1, 0.15) is 27.6 Å². The Balaban J connectivity index is 1.68. The molecule has 3 aromatic rings. The van der Waals surface area contributed by atoms with Crippen molar-refractivity contribution in [3.63, 3.8) is 0 Å². The molecule has 1 heterocycles. The minimum absolute atomic E-state index is 0.211. The van der Waals surface area contributed by atoms with Crippen LogP contribution < -0.4 is 29.2 Å². The van der Waals surface area contributed by atoms with Gasteiger partial charge in [0.2, 0.25) is 5.75 Å². The summed E-state index contributed by atoms with van der Waals surface area (Å²) in [6, 6.07) is 15.5. The lowest BCUT2D eigenvalue weighted by Crippen LogP contribution is -2.29. The highest BCUT2D eigenvalue weighted by atomic mass is 16.5. The van der Waals surface area contributed by atoms with Gasteiger partial charge in [0, 0.05) is 12.2 Å². The van der Waals surface area contributed by atoms with E-state index in [9.17, 15) is 9.59 Å². The molecule has 8 heteroatoms. The van der Waals surface area contributed by atoms with Gasteiger partial charge in [0.1, 0.15) is 5.75 Å². The summed E-state index contributed by atoms with van der Waals surface area (Å²) in [4.78, 5) is 28.0. The van der Waals surface area contributed by atoms with E-state index in [1.807, 2.05) is 31.2 Å². The second-order valence-corrected chi connectivity index (χ2v) is 7.17. The average Bonchev–Trinajstić information content (AvgIpc) is 2.96. The summed E-state index contributed by atoms with van der Waals surface area (Å²) in [7, 11) is 4.42. The van der Waals surface area contributed by atoms with Gasteiger partial charge in [0.05, 0.1) is 38.1 Å². The first-order valence-corrected chi connectivity index (χ1v) is 10.4. The Morgan fingerprint density at radius 1 is 0.939 bits per heavy atom. The van der Waals surface area contributed by atoms with Crippen LogP contribution in [0, 0.1) is 0 Å². The van der Waals surface area contributed by atoms with Crippen LogP contribution >= 0.6 is 0 Å². The van der Waals surface area contributed by atoms with Crippen molar-refractivity contribution in [1.82, 2.24) is 0 Å². The van der Waals surface area contributed by atoms with Crippen LogP contribution in [-0.2, 0) is 0 Å². The van der Waals surface area contributed by atoms with Crippen molar-refractivity contribution in [3.8, 4) is 28.7 Å². The fraction of sp³-hybridized carbons (Fsp3) is 0.200. The minimum Gasteiger partial charge on any atom is -0.493 e. The van der Waals surface area contributed by atoms with E-state index >= 15 is 0 Å². The molecule has 4 rings (SSSR count). The standard InChI is InChI=1S/C25H24N2O6/c1-5-27-18-8-6-7-9-20(18)33-19-12-10-15(14-17(19)25(27)29)26-24(28)16-11-13-21(30-2)23(32-4)22(16)31-3/h6-14H,5H2,1-4H3,(H,26,28). The molecule has 0 radical (unpaired) electrons. The van der Waals surface area contributed by atoms with E-state index in [2.05, 4.69) is 5.32 Å².